The lowest BCUT2D eigenvalue weighted by atomic mass is 10.1. The Morgan fingerprint density at radius 1 is 1.03 bits per heavy atom. The minimum atomic E-state index is -0.621. The van der Waals surface area contributed by atoms with Gasteiger partial charge >= 0.3 is 11.9 Å². The number of hydrogen-bond donors (Lipinski definition) is 0. The Balaban J connectivity index is 1.62. The van der Waals surface area contributed by atoms with Gasteiger partial charge in [0.05, 0.1) is 17.7 Å². The van der Waals surface area contributed by atoms with Crippen molar-refractivity contribution >= 4 is 47.1 Å². The van der Waals surface area contributed by atoms with Gasteiger partial charge in [-0.25, -0.2) is 14.6 Å². The summed E-state index contributed by atoms with van der Waals surface area (Å²) in [5.41, 5.74) is 1.61. The lowest BCUT2D eigenvalue weighted by molar-refractivity contribution is -0.129. The van der Waals surface area contributed by atoms with Crippen LogP contribution in [0.2, 0.25) is 10.0 Å². The number of halogens is 2. The van der Waals surface area contributed by atoms with E-state index in [-0.39, 0.29) is 28.1 Å². The van der Waals surface area contributed by atoms with Crippen molar-refractivity contribution in [2.24, 2.45) is 4.99 Å². The highest BCUT2D eigenvalue weighted by Gasteiger charge is 2.24. The Kier molecular flexibility index (Phi) is 6.25. The van der Waals surface area contributed by atoms with Crippen molar-refractivity contribution in [2.75, 3.05) is 7.11 Å². The molecule has 0 saturated carbocycles. The van der Waals surface area contributed by atoms with E-state index in [0.29, 0.717) is 21.7 Å². The second kappa shape index (κ2) is 9.26. The maximum atomic E-state index is 12.5. The molecular weight excluding hydrogens is 453 g/mol. The smallest absolute Gasteiger partial charge is 0.363 e. The minimum absolute atomic E-state index is 0.0544. The molecule has 0 atom stereocenters. The first-order chi connectivity index (χ1) is 15.4. The summed E-state index contributed by atoms with van der Waals surface area (Å²) in [7, 11) is 1.41. The number of benzene rings is 3. The van der Waals surface area contributed by atoms with E-state index < -0.39 is 11.9 Å². The molecule has 0 aliphatic carbocycles. The fourth-order valence-corrected chi connectivity index (χ4v) is 3.31. The third-order valence-electron chi connectivity index (χ3n) is 4.47. The van der Waals surface area contributed by atoms with Crippen molar-refractivity contribution in [3.63, 3.8) is 0 Å². The zero-order valence-corrected chi connectivity index (χ0v) is 18.2. The van der Waals surface area contributed by atoms with Crippen LogP contribution in [-0.2, 0) is 9.53 Å². The van der Waals surface area contributed by atoms with E-state index in [1.807, 2.05) is 18.2 Å². The highest BCUT2D eigenvalue weighted by Crippen LogP contribution is 2.38. The maximum absolute atomic E-state index is 12.5. The van der Waals surface area contributed by atoms with E-state index in [1.54, 1.807) is 30.3 Å². The van der Waals surface area contributed by atoms with E-state index in [2.05, 4.69) is 4.99 Å². The van der Waals surface area contributed by atoms with Crippen LogP contribution in [0, 0.1) is 0 Å². The summed E-state index contributed by atoms with van der Waals surface area (Å²) in [5, 5.41) is 0.621. The van der Waals surface area contributed by atoms with Crippen LogP contribution in [0.4, 0.5) is 0 Å². The molecule has 1 heterocycles. The molecule has 0 amide bonds. The Bertz CT molecular complexity index is 1250. The van der Waals surface area contributed by atoms with Gasteiger partial charge in [-0.15, -0.1) is 0 Å². The lowest BCUT2D eigenvalue weighted by Crippen LogP contribution is -2.09. The van der Waals surface area contributed by atoms with E-state index in [4.69, 9.17) is 37.4 Å². The second-order valence-corrected chi connectivity index (χ2v) is 7.48. The van der Waals surface area contributed by atoms with Crippen molar-refractivity contribution in [2.45, 2.75) is 0 Å². The van der Waals surface area contributed by atoms with Gasteiger partial charge in [-0.05, 0) is 60.2 Å². The molecule has 32 heavy (non-hydrogen) atoms. The first kappa shape index (κ1) is 21.6. The van der Waals surface area contributed by atoms with Crippen molar-refractivity contribution < 1.29 is 23.8 Å². The summed E-state index contributed by atoms with van der Waals surface area (Å²) in [6.45, 7) is 0. The van der Waals surface area contributed by atoms with Gasteiger partial charge in [-0.3, -0.25) is 0 Å². The summed E-state index contributed by atoms with van der Waals surface area (Å²) >= 11 is 12.2. The first-order valence-electron chi connectivity index (χ1n) is 9.38. The first-order valence-corrected chi connectivity index (χ1v) is 10.1. The van der Waals surface area contributed by atoms with Crippen LogP contribution in [0.15, 0.2) is 77.4 Å². The largest absolute Gasteiger partial charge is 0.493 e. The van der Waals surface area contributed by atoms with Crippen molar-refractivity contribution in [3.8, 4) is 11.5 Å². The quantitative estimate of drug-likeness (QED) is 0.278. The van der Waals surface area contributed by atoms with Crippen LogP contribution in [0.1, 0.15) is 21.5 Å². The fraction of sp³-hybridized carbons (Fsp3) is 0.0417. The van der Waals surface area contributed by atoms with Crippen LogP contribution >= 0.6 is 23.2 Å². The molecule has 8 heteroatoms. The molecule has 3 aromatic carbocycles. The number of cyclic esters (lactones) is 1. The van der Waals surface area contributed by atoms with Gasteiger partial charge in [-0.1, -0.05) is 41.4 Å². The van der Waals surface area contributed by atoms with Crippen LogP contribution < -0.4 is 9.47 Å². The maximum Gasteiger partial charge on any atom is 0.363 e. The third kappa shape index (κ3) is 4.66. The molecule has 4 rings (SSSR count). The van der Waals surface area contributed by atoms with Gasteiger partial charge in [0.15, 0.2) is 17.2 Å². The number of esters is 2. The molecule has 0 N–H and O–H groups in total. The Hall–Kier alpha value is -3.61. The van der Waals surface area contributed by atoms with Gasteiger partial charge in [0.2, 0.25) is 5.90 Å². The van der Waals surface area contributed by atoms with Crippen molar-refractivity contribution in [1.82, 2.24) is 0 Å². The van der Waals surface area contributed by atoms with Crippen LogP contribution in [0.3, 0.4) is 0 Å². The molecule has 0 fully saturated rings. The minimum Gasteiger partial charge on any atom is -0.493 e. The Morgan fingerprint density at radius 3 is 2.44 bits per heavy atom. The van der Waals surface area contributed by atoms with Gasteiger partial charge in [0, 0.05) is 10.6 Å². The second-order valence-electron chi connectivity index (χ2n) is 6.63. The number of carbonyl (C=O) groups is 2. The van der Waals surface area contributed by atoms with E-state index in [0.717, 1.165) is 0 Å². The Morgan fingerprint density at radius 2 is 1.75 bits per heavy atom. The zero-order valence-electron chi connectivity index (χ0n) is 16.7. The number of rotatable bonds is 5. The summed E-state index contributed by atoms with van der Waals surface area (Å²) in [4.78, 5) is 29.0. The standard InChI is InChI=1S/C24H15Cl2NO5/c1-30-20-13-14(12-19-24(29)32-22(27-19)15-5-3-2-4-6-15)11-18(26)21(20)31-23(28)16-7-9-17(25)10-8-16/h2-13H,1H3/b19-12-. The average molecular weight is 468 g/mol. The summed E-state index contributed by atoms with van der Waals surface area (Å²) in [6.07, 6.45) is 1.51. The molecule has 0 saturated heterocycles. The number of aliphatic imine (C=N–C) groups is 1. The van der Waals surface area contributed by atoms with Crippen molar-refractivity contribution in [3.05, 3.63) is 99.2 Å². The molecule has 0 bridgehead atoms. The normalized spacial score (nSPS) is 14.2. The summed E-state index contributed by atoms with van der Waals surface area (Å²) in [5.74, 6) is -0.723. The molecule has 160 valence electrons. The summed E-state index contributed by atoms with van der Waals surface area (Å²) < 4.78 is 16.0. The highest BCUT2D eigenvalue weighted by atomic mass is 35.5. The molecule has 0 radical (unpaired) electrons. The topological polar surface area (TPSA) is 74.2 Å². The number of ether oxygens (including phenoxy) is 3. The highest BCUT2D eigenvalue weighted by molar-refractivity contribution is 6.32. The zero-order chi connectivity index (χ0) is 22.7. The molecule has 3 aromatic rings. The van der Waals surface area contributed by atoms with Crippen LogP contribution in [-0.4, -0.2) is 24.9 Å². The average Bonchev–Trinajstić information content (AvgIpc) is 3.16. The van der Waals surface area contributed by atoms with E-state index >= 15 is 0 Å². The Labute approximate surface area is 193 Å². The number of carbonyl (C=O) groups excluding carboxylic acids is 2. The van der Waals surface area contributed by atoms with Crippen molar-refractivity contribution in [1.29, 1.82) is 0 Å². The van der Waals surface area contributed by atoms with E-state index in [1.165, 1.54) is 31.4 Å². The number of methoxy groups -OCH3 is 1. The van der Waals surface area contributed by atoms with Crippen LogP contribution in [0.25, 0.3) is 6.08 Å². The van der Waals surface area contributed by atoms with Gasteiger partial charge in [0.25, 0.3) is 0 Å². The van der Waals surface area contributed by atoms with Crippen LogP contribution in [0.5, 0.6) is 11.5 Å². The molecule has 6 nitrogen and oxygen atoms in total. The number of hydrogen-bond acceptors (Lipinski definition) is 6. The molecule has 1 aliphatic rings. The molecule has 0 aromatic heterocycles. The third-order valence-corrected chi connectivity index (χ3v) is 5.00. The summed E-state index contributed by atoms with van der Waals surface area (Å²) in [6, 6.07) is 18.4. The monoisotopic (exact) mass is 467 g/mol. The SMILES string of the molecule is COc1cc(/C=C2\N=C(c3ccccc3)OC2=O)cc(Cl)c1OC(=O)c1ccc(Cl)cc1. The van der Waals surface area contributed by atoms with Gasteiger partial charge < -0.3 is 14.2 Å². The predicted molar refractivity (Wildman–Crippen MR) is 121 cm³/mol. The van der Waals surface area contributed by atoms with Gasteiger partial charge in [0.1, 0.15) is 0 Å². The molecular formula is C24H15Cl2NO5. The lowest BCUT2D eigenvalue weighted by Gasteiger charge is -2.12. The van der Waals surface area contributed by atoms with E-state index in [9.17, 15) is 9.59 Å². The fourth-order valence-electron chi connectivity index (χ4n) is 2.93. The molecule has 0 unspecified atom stereocenters. The molecule has 0 spiro atoms. The van der Waals surface area contributed by atoms with Gasteiger partial charge in [-0.2, -0.15) is 0 Å². The predicted octanol–water partition coefficient (Wildman–Crippen LogP) is 5.57. The number of nitrogens with zero attached hydrogens (tertiary/aromatic N) is 1. The molecule has 1 aliphatic heterocycles.